The summed E-state index contributed by atoms with van der Waals surface area (Å²) < 4.78 is 0. The summed E-state index contributed by atoms with van der Waals surface area (Å²) in [5.74, 6) is 1.33. The number of hydrogen-bond donors (Lipinski definition) is 2. The second kappa shape index (κ2) is 5.23. The fourth-order valence-electron chi connectivity index (χ4n) is 1.43. The summed E-state index contributed by atoms with van der Waals surface area (Å²) in [5, 5.41) is 13.3. The van der Waals surface area contributed by atoms with Gasteiger partial charge in [0.25, 0.3) is 0 Å². The van der Waals surface area contributed by atoms with Crippen molar-refractivity contribution in [3.8, 4) is 0 Å². The number of rotatable bonds is 5. The first-order chi connectivity index (χ1) is 6.14. The molecule has 78 valence electrons. The van der Waals surface area contributed by atoms with Crippen LogP contribution < -0.4 is 5.32 Å². The van der Waals surface area contributed by atoms with Crippen LogP contribution in [0, 0.1) is 5.41 Å². The Morgan fingerprint density at radius 2 is 2.31 bits per heavy atom. The molecule has 1 saturated heterocycles. The second-order valence-electron chi connectivity index (χ2n) is 4.59. The number of hydrogen-bond acceptors (Lipinski definition) is 3. The summed E-state index contributed by atoms with van der Waals surface area (Å²) >= 11 is 2.08. The van der Waals surface area contributed by atoms with E-state index in [1.807, 2.05) is 0 Å². The molecule has 0 aromatic heterocycles. The zero-order chi connectivity index (χ0) is 9.73. The molecule has 1 heterocycles. The van der Waals surface area contributed by atoms with E-state index in [0.717, 1.165) is 18.3 Å². The van der Waals surface area contributed by atoms with Gasteiger partial charge in [-0.25, -0.2) is 0 Å². The maximum Gasteiger partial charge on any atom is 0.0494 e. The first-order valence-corrected chi connectivity index (χ1v) is 6.12. The van der Waals surface area contributed by atoms with Crippen molar-refractivity contribution in [2.45, 2.75) is 31.9 Å². The normalized spacial score (nSPS) is 23.8. The van der Waals surface area contributed by atoms with Gasteiger partial charge in [-0.15, -0.1) is 0 Å². The number of thioether (sulfide) groups is 1. The molecule has 1 unspecified atom stereocenters. The van der Waals surface area contributed by atoms with Crippen molar-refractivity contribution in [3.05, 3.63) is 0 Å². The van der Waals surface area contributed by atoms with Gasteiger partial charge in [0, 0.05) is 30.4 Å². The predicted octanol–water partition coefficient (Wildman–Crippen LogP) is 1.49. The molecule has 13 heavy (non-hydrogen) atoms. The molecule has 1 fully saturated rings. The molecular weight excluding hydrogens is 182 g/mol. The lowest BCUT2D eigenvalue weighted by molar-refractivity contribution is 0.157. The molecule has 0 radical (unpaired) electrons. The van der Waals surface area contributed by atoms with E-state index in [-0.39, 0.29) is 12.0 Å². The minimum absolute atomic E-state index is 0.0310. The van der Waals surface area contributed by atoms with Crippen LogP contribution in [-0.2, 0) is 0 Å². The highest BCUT2D eigenvalue weighted by atomic mass is 32.2. The Hall–Kier alpha value is 0.270. The number of nitrogens with one attached hydrogen (secondary N) is 1. The average Bonchev–Trinajstić information content (AvgIpc) is 2.57. The maximum atomic E-state index is 9.04. The van der Waals surface area contributed by atoms with Gasteiger partial charge >= 0.3 is 0 Å². The van der Waals surface area contributed by atoms with Gasteiger partial charge in [0.05, 0.1) is 0 Å². The fourth-order valence-corrected chi connectivity index (χ4v) is 2.67. The molecule has 0 spiro atoms. The van der Waals surface area contributed by atoms with Crippen molar-refractivity contribution in [1.82, 2.24) is 5.32 Å². The largest absolute Gasteiger partial charge is 0.396 e. The van der Waals surface area contributed by atoms with Gasteiger partial charge in [0.15, 0.2) is 0 Å². The summed E-state index contributed by atoms with van der Waals surface area (Å²) in [7, 11) is 0. The van der Waals surface area contributed by atoms with Crippen LogP contribution >= 0.6 is 11.8 Å². The maximum absolute atomic E-state index is 9.04. The van der Waals surface area contributed by atoms with E-state index in [1.165, 1.54) is 18.6 Å². The monoisotopic (exact) mass is 203 g/mol. The predicted molar refractivity (Wildman–Crippen MR) is 59.2 cm³/mol. The van der Waals surface area contributed by atoms with Crippen LogP contribution in [0.2, 0.25) is 0 Å². The van der Waals surface area contributed by atoms with Crippen LogP contribution in [0.4, 0.5) is 0 Å². The second-order valence-corrected chi connectivity index (χ2v) is 6.00. The SMILES string of the molecule is CC(C)(CO)CNCC1CCCS1. The topological polar surface area (TPSA) is 32.3 Å². The summed E-state index contributed by atoms with van der Waals surface area (Å²) in [6.07, 6.45) is 2.73. The Balaban J connectivity index is 2.06. The quantitative estimate of drug-likeness (QED) is 0.710. The first kappa shape index (κ1) is 11.3. The van der Waals surface area contributed by atoms with E-state index in [0.29, 0.717) is 0 Å². The lowest BCUT2D eigenvalue weighted by atomic mass is 9.95. The molecule has 0 aromatic rings. The summed E-state index contributed by atoms with van der Waals surface area (Å²) in [4.78, 5) is 0. The smallest absolute Gasteiger partial charge is 0.0494 e. The summed E-state index contributed by atoms with van der Waals surface area (Å²) in [6, 6.07) is 0. The highest BCUT2D eigenvalue weighted by molar-refractivity contribution is 8.00. The van der Waals surface area contributed by atoms with Gasteiger partial charge in [-0.1, -0.05) is 13.8 Å². The summed E-state index contributed by atoms with van der Waals surface area (Å²) in [6.45, 7) is 6.45. The van der Waals surface area contributed by atoms with Gasteiger partial charge in [-0.2, -0.15) is 11.8 Å². The lowest BCUT2D eigenvalue weighted by Gasteiger charge is -2.22. The standard InChI is InChI=1S/C10H21NOS/c1-10(2,8-12)7-11-6-9-4-3-5-13-9/h9,11-12H,3-8H2,1-2H3. The van der Waals surface area contributed by atoms with Crippen molar-refractivity contribution < 1.29 is 5.11 Å². The minimum Gasteiger partial charge on any atom is -0.396 e. The Morgan fingerprint density at radius 3 is 2.85 bits per heavy atom. The van der Waals surface area contributed by atoms with Gasteiger partial charge in [-0.3, -0.25) is 0 Å². The average molecular weight is 203 g/mol. The molecule has 2 N–H and O–H groups in total. The highest BCUT2D eigenvalue weighted by Gasteiger charge is 2.18. The zero-order valence-corrected chi connectivity index (χ0v) is 9.49. The van der Waals surface area contributed by atoms with Crippen molar-refractivity contribution >= 4 is 11.8 Å². The molecule has 1 aliphatic rings. The molecule has 0 aromatic carbocycles. The van der Waals surface area contributed by atoms with Crippen LogP contribution in [-0.4, -0.2) is 35.8 Å². The van der Waals surface area contributed by atoms with Gasteiger partial charge in [-0.05, 0) is 18.6 Å². The van der Waals surface area contributed by atoms with Crippen molar-refractivity contribution in [2.75, 3.05) is 25.4 Å². The van der Waals surface area contributed by atoms with E-state index in [1.54, 1.807) is 0 Å². The van der Waals surface area contributed by atoms with Crippen molar-refractivity contribution in [1.29, 1.82) is 0 Å². The first-order valence-electron chi connectivity index (χ1n) is 5.07. The van der Waals surface area contributed by atoms with E-state index in [2.05, 4.69) is 30.9 Å². The van der Waals surface area contributed by atoms with E-state index < -0.39 is 0 Å². The fraction of sp³-hybridized carbons (Fsp3) is 1.00. The third kappa shape index (κ3) is 4.34. The summed E-state index contributed by atoms with van der Waals surface area (Å²) in [5.41, 5.74) is 0.0310. The van der Waals surface area contributed by atoms with E-state index in [4.69, 9.17) is 5.11 Å². The Morgan fingerprint density at radius 1 is 1.54 bits per heavy atom. The highest BCUT2D eigenvalue weighted by Crippen LogP contribution is 2.25. The third-order valence-corrected chi connectivity index (χ3v) is 3.83. The van der Waals surface area contributed by atoms with Gasteiger partial charge in [0.2, 0.25) is 0 Å². The van der Waals surface area contributed by atoms with Crippen LogP contribution in [0.3, 0.4) is 0 Å². The molecule has 3 heteroatoms. The van der Waals surface area contributed by atoms with E-state index >= 15 is 0 Å². The molecule has 1 rings (SSSR count). The van der Waals surface area contributed by atoms with Gasteiger partial charge < -0.3 is 10.4 Å². The lowest BCUT2D eigenvalue weighted by Crippen LogP contribution is -2.35. The third-order valence-electron chi connectivity index (χ3n) is 2.43. The van der Waals surface area contributed by atoms with Gasteiger partial charge in [0.1, 0.15) is 0 Å². The molecular formula is C10H21NOS. The Labute approximate surface area is 85.5 Å². The van der Waals surface area contributed by atoms with Crippen molar-refractivity contribution in [3.63, 3.8) is 0 Å². The Bertz CT molecular complexity index is 144. The van der Waals surface area contributed by atoms with E-state index in [9.17, 15) is 0 Å². The number of aliphatic hydroxyl groups is 1. The zero-order valence-electron chi connectivity index (χ0n) is 8.68. The molecule has 0 aliphatic carbocycles. The van der Waals surface area contributed by atoms with Crippen LogP contribution in [0.5, 0.6) is 0 Å². The molecule has 0 saturated carbocycles. The van der Waals surface area contributed by atoms with Crippen LogP contribution in [0.25, 0.3) is 0 Å². The number of aliphatic hydroxyl groups excluding tert-OH is 1. The minimum atomic E-state index is 0.0310. The van der Waals surface area contributed by atoms with Crippen LogP contribution in [0.1, 0.15) is 26.7 Å². The Kier molecular flexibility index (Phi) is 4.56. The molecule has 2 nitrogen and oxygen atoms in total. The van der Waals surface area contributed by atoms with Crippen molar-refractivity contribution in [2.24, 2.45) is 5.41 Å². The molecule has 1 atom stereocenters. The molecule has 0 bridgehead atoms. The van der Waals surface area contributed by atoms with Crippen LogP contribution in [0.15, 0.2) is 0 Å². The molecule has 0 amide bonds. The molecule has 1 aliphatic heterocycles.